The molecule has 8 nitrogen and oxygen atoms in total. The number of imidazole rings is 1. The van der Waals surface area contributed by atoms with Crippen molar-refractivity contribution < 1.29 is 24.0 Å². The van der Waals surface area contributed by atoms with Crippen molar-refractivity contribution in [3.63, 3.8) is 0 Å². The number of ether oxygens (including phenoxy) is 1. The molecule has 0 bridgehead atoms. The number of carboxylic acid groups (broad SMARTS) is 1. The molecular formula is C26H24N4O4S. The maximum atomic E-state index is 12.4. The van der Waals surface area contributed by atoms with Crippen molar-refractivity contribution in [1.29, 1.82) is 0 Å². The molecule has 1 amide bonds. The summed E-state index contributed by atoms with van der Waals surface area (Å²) in [6.45, 7) is 2.17. The topological polar surface area (TPSA) is 110 Å². The largest absolute Gasteiger partial charge is 0.546 e. The quantitative estimate of drug-likeness (QED) is 0.154. The van der Waals surface area contributed by atoms with Crippen LogP contribution < -0.4 is 19.8 Å². The predicted molar refractivity (Wildman–Crippen MR) is 132 cm³/mol. The summed E-state index contributed by atoms with van der Waals surface area (Å²) in [6, 6.07) is 23.2. The second kappa shape index (κ2) is 11.3. The molecule has 0 spiro atoms. The molecule has 0 aliphatic carbocycles. The van der Waals surface area contributed by atoms with Crippen molar-refractivity contribution in [1.82, 2.24) is 10.4 Å². The summed E-state index contributed by atoms with van der Waals surface area (Å²) >= 11 is 1.39. The Hall–Kier alpha value is -4.11. The van der Waals surface area contributed by atoms with E-state index in [9.17, 15) is 14.7 Å². The molecule has 0 fully saturated rings. The van der Waals surface area contributed by atoms with Gasteiger partial charge in [-0.15, -0.1) is 0 Å². The van der Waals surface area contributed by atoms with Crippen molar-refractivity contribution in [3.05, 3.63) is 89.5 Å². The molecular weight excluding hydrogens is 464 g/mol. The maximum Gasteiger partial charge on any atom is 0.317 e. The number of hydrogen-bond acceptors (Lipinski definition) is 6. The molecule has 1 heterocycles. The number of thioether (sulfide) groups is 1. The number of carbonyl (C=O) groups excluding carboxylic acids is 2. The minimum absolute atomic E-state index is 0.154. The van der Waals surface area contributed by atoms with E-state index >= 15 is 0 Å². The molecule has 35 heavy (non-hydrogen) atoms. The van der Waals surface area contributed by atoms with Crippen molar-refractivity contribution in [2.24, 2.45) is 5.10 Å². The summed E-state index contributed by atoms with van der Waals surface area (Å²) in [7, 11) is 0. The number of aromatic nitrogens is 2. The van der Waals surface area contributed by atoms with Crippen LogP contribution in [0.15, 0.2) is 83.1 Å². The highest BCUT2D eigenvalue weighted by atomic mass is 32.2. The van der Waals surface area contributed by atoms with Gasteiger partial charge in [-0.25, -0.2) is 15.0 Å². The molecule has 3 aromatic carbocycles. The van der Waals surface area contributed by atoms with Gasteiger partial charge >= 0.3 is 5.16 Å². The summed E-state index contributed by atoms with van der Waals surface area (Å²) in [5, 5.41) is 15.5. The number of carboxylic acids is 1. The number of aryl methyl sites for hydroxylation is 1. The van der Waals surface area contributed by atoms with Crippen LogP contribution in [0.25, 0.3) is 11.0 Å². The van der Waals surface area contributed by atoms with E-state index in [1.807, 2.05) is 24.3 Å². The first-order valence-corrected chi connectivity index (χ1v) is 11.9. The summed E-state index contributed by atoms with van der Waals surface area (Å²) in [4.78, 5) is 26.5. The van der Waals surface area contributed by atoms with Gasteiger partial charge in [-0.1, -0.05) is 54.1 Å². The molecule has 4 rings (SSSR count). The molecule has 4 aromatic rings. The molecule has 1 aromatic heterocycles. The van der Waals surface area contributed by atoms with Crippen LogP contribution >= 0.6 is 11.8 Å². The Morgan fingerprint density at radius 3 is 2.63 bits per heavy atom. The number of rotatable bonds is 10. The lowest BCUT2D eigenvalue weighted by molar-refractivity contribution is -0.700. The summed E-state index contributed by atoms with van der Waals surface area (Å²) in [5.41, 5.74) is 7.47. The van der Waals surface area contributed by atoms with Crippen molar-refractivity contribution >= 4 is 40.9 Å². The first-order chi connectivity index (χ1) is 17.0. The second-order valence-corrected chi connectivity index (χ2v) is 8.76. The number of aliphatic carboxylic acids is 1. The number of para-hydroxylation sites is 3. The number of H-pyrrole nitrogens is 1. The normalized spacial score (nSPS) is 11.1. The Balaban J connectivity index is 1.41. The fourth-order valence-electron chi connectivity index (χ4n) is 3.45. The van der Waals surface area contributed by atoms with E-state index in [0.717, 1.165) is 16.2 Å². The van der Waals surface area contributed by atoms with E-state index in [1.54, 1.807) is 24.3 Å². The van der Waals surface area contributed by atoms with E-state index in [-0.39, 0.29) is 11.7 Å². The van der Waals surface area contributed by atoms with Crippen LogP contribution in [0, 0.1) is 6.92 Å². The van der Waals surface area contributed by atoms with Gasteiger partial charge in [0.05, 0.1) is 17.9 Å². The van der Waals surface area contributed by atoms with Crippen LogP contribution in [0.1, 0.15) is 16.7 Å². The molecule has 0 aliphatic rings. The van der Waals surface area contributed by atoms with Gasteiger partial charge in [0.1, 0.15) is 18.9 Å². The SMILES string of the molecule is Cc1ccc(C[n+]2c(SCC(=O)NN=Cc3ccccc3OCC(=O)[O-])[nH]c3ccccc32)cc1. The van der Waals surface area contributed by atoms with Crippen LogP contribution in [-0.4, -0.2) is 35.4 Å². The molecule has 2 N–H and O–H groups in total. The minimum atomic E-state index is -1.32. The van der Waals surface area contributed by atoms with Crippen molar-refractivity contribution in [2.45, 2.75) is 18.6 Å². The zero-order valence-electron chi connectivity index (χ0n) is 19.1. The van der Waals surface area contributed by atoms with Crippen molar-refractivity contribution in [2.75, 3.05) is 12.4 Å². The third-order valence-corrected chi connectivity index (χ3v) is 6.14. The molecule has 9 heteroatoms. The van der Waals surface area contributed by atoms with E-state index in [2.05, 4.69) is 51.3 Å². The molecule has 0 unspecified atom stereocenters. The minimum Gasteiger partial charge on any atom is -0.546 e. The van der Waals surface area contributed by atoms with E-state index in [1.165, 1.54) is 29.1 Å². The second-order valence-electron chi connectivity index (χ2n) is 7.80. The highest BCUT2D eigenvalue weighted by molar-refractivity contribution is 7.99. The standard InChI is InChI=1S/C26H24N4O4S/c1-18-10-12-19(13-11-18)15-30-22-8-4-3-7-21(22)28-26(30)35-17-24(31)29-27-14-20-6-2-5-9-23(20)34-16-25(32)33/h2-14H,15-17H2,1H3,(H2,29,31,32,33). The number of benzene rings is 3. The van der Waals surface area contributed by atoms with Gasteiger partial charge in [0.25, 0.3) is 5.91 Å². The van der Waals surface area contributed by atoms with Crippen LogP contribution in [0.2, 0.25) is 0 Å². The number of hydrogen-bond donors (Lipinski definition) is 2. The van der Waals surface area contributed by atoms with Gasteiger partial charge in [-0.2, -0.15) is 5.10 Å². The fourth-order valence-corrected chi connectivity index (χ4v) is 4.28. The van der Waals surface area contributed by atoms with E-state index in [0.29, 0.717) is 17.9 Å². The average molecular weight is 489 g/mol. The highest BCUT2D eigenvalue weighted by Gasteiger charge is 2.20. The summed E-state index contributed by atoms with van der Waals surface area (Å²) < 4.78 is 7.34. The monoisotopic (exact) mass is 488 g/mol. The average Bonchev–Trinajstić information content (AvgIpc) is 3.20. The van der Waals surface area contributed by atoms with Gasteiger partial charge in [0, 0.05) is 5.56 Å². The third kappa shape index (κ3) is 6.48. The Bertz CT molecular complexity index is 1370. The lowest BCUT2D eigenvalue weighted by Gasteiger charge is -2.08. The number of nitrogens with one attached hydrogen (secondary N) is 2. The van der Waals surface area contributed by atoms with Gasteiger partial charge < -0.3 is 14.6 Å². The van der Waals surface area contributed by atoms with Crippen LogP contribution in [-0.2, 0) is 16.1 Å². The number of nitrogens with zero attached hydrogens (tertiary/aromatic N) is 2. The van der Waals surface area contributed by atoms with Gasteiger partial charge in [0.2, 0.25) is 0 Å². The van der Waals surface area contributed by atoms with Crippen LogP contribution in [0.3, 0.4) is 0 Å². The first kappa shape index (κ1) is 24.0. The number of hydrazone groups is 1. The molecule has 0 aliphatic heterocycles. The molecule has 0 atom stereocenters. The van der Waals surface area contributed by atoms with Crippen LogP contribution in [0.5, 0.6) is 5.75 Å². The lowest BCUT2D eigenvalue weighted by atomic mass is 10.1. The third-order valence-electron chi connectivity index (χ3n) is 5.14. The van der Waals surface area contributed by atoms with E-state index < -0.39 is 12.6 Å². The number of fused-ring (bicyclic) bond motifs is 1. The summed E-state index contributed by atoms with van der Waals surface area (Å²) in [5.74, 6) is -1.11. The van der Waals surface area contributed by atoms with Gasteiger partial charge in [-0.3, -0.25) is 4.79 Å². The summed E-state index contributed by atoms with van der Waals surface area (Å²) in [6.07, 6.45) is 1.41. The maximum absolute atomic E-state index is 12.4. The van der Waals surface area contributed by atoms with Crippen molar-refractivity contribution in [3.8, 4) is 5.75 Å². The molecule has 0 saturated carbocycles. The number of amides is 1. The fraction of sp³-hybridized carbons (Fsp3) is 0.154. The Morgan fingerprint density at radius 2 is 1.83 bits per heavy atom. The lowest BCUT2D eigenvalue weighted by Crippen LogP contribution is -2.36. The Labute approximate surface area is 206 Å². The zero-order valence-corrected chi connectivity index (χ0v) is 19.9. The molecule has 178 valence electrons. The van der Waals surface area contributed by atoms with E-state index in [4.69, 9.17) is 4.74 Å². The van der Waals surface area contributed by atoms with Gasteiger partial charge in [-0.05, 0) is 48.5 Å². The Morgan fingerprint density at radius 1 is 1.09 bits per heavy atom. The zero-order chi connectivity index (χ0) is 24.6. The molecule has 0 radical (unpaired) electrons. The Kier molecular flexibility index (Phi) is 7.79. The van der Waals surface area contributed by atoms with Crippen LogP contribution in [0.4, 0.5) is 0 Å². The molecule has 0 saturated heterocycles. The number of aromatic amines is 1. The smallest absolute Gasteiger partial charge is 0.317 e. The predicted octanol–water partition coefficient (Wildman–Crippen LogP) is 2.18. The number of carbonyl (C=O) groups is 2. The highest BCUT2D eigenvalue weighted by Crippen LogP contribution is 2.19. The van der Waals surface area contributed by atoms with Gasteiger partial charge in [0.15, 0.2) is 11.0 Å². The first-order valence-electron chi connectivity index (χ1n) is 10.9.